The molecule has 6 heteroatoms. The Balaban J connectivity index is 0.000000433. The molecule has 5 nitrogen and oxygen atoms in total. The second-order valence-corrected chi connectivity index (χ2v) is 7.02. The Morgan fingerprint density at radius 2 is 1.48 bits per heavy atom. The van der Waals surface area contributed by atoms with Crippen molar-refractivity contribution >= 4 is 7.82 Å². The molecule has 0 radical (unpaired) electrons. The van der Waals surface area contributed by atoms with Crippen LogP contribution in [0.15, 0.2) is 30.3 Å². The molecule has 0 aliphatic heterocycles. The lowest BCUT2D eigenvalue weighted by Crippen LogP contribution is -2.10. The van der Waals surface area contributed by atoms with Gasteiger partial charge in [0.05, 0.1) is 13.2 Å². The predicted octanol–water partition coefficient (Wildman–Crippen LogP) is 4.47. The van der Waals surface area contributed by atoms with Crippen LogP contribution in [0.3, 0.4) is 0 Å². The highest BCUT2D eigenvalue weighted by molar-refractivity contribution is 7.47. The van der Waals surface area contributed by atoms with E-state index in [4.69, 9.17) is 13.9 Å². The fourth-order valence-corrected chi connectivity index (χ4v) is 2.43. The first-order chi connectivity index (χ1) is 10.9. The molecule has 0 heterocycles. The molecular formula is C17H32NO4P. The standard InChI is InChI=1S/C9H13N.C8H19O4P/c1-10(2)8-9-6-4-3-5-7-9;1-3-5-7-11-13(9,10)12-8-6-4-2/h3-7H,8H2,1-2H3;3-8H2,1-2H3,(H,9,10). The molecule has 0 spiro atoms. The summed E-state index contributed by atoms with van der Waals surface area (Å²) in [5.74, 6) is 0. The molecule has 0 bridgehead atoms. The van der Waals surface area contributed by atoms with Gasteiger partial charge in [-0.25, -0.2) is 4.57 Å². The molecule has 134 valence electrons. The Morgan fingerprint density at radius 1 is 1.00 bits per heavy atom. The van der Waals surface area contributed by atoms with E-state index in [1.807, 2.05) is 19.9 Å². The van der Waals surface area contributed by atoms with Gasteiger partial charge in [-0.05, 0) is 32.5 Å². The number of hydrogen-bond acceptors (Lipinski definition) is 4. The van der Waals surface area contributed by atoms with Crippen molar-refractivity contribution in [3.05, 3.63) is 35.9 Å². The Kier molecular flexibility index (Phi) is 13.3. The zero-order chi connectivity index (χ0) is 17.6. The van der Waals surface area contributed by atoms with Gasteiger partial charge in [0.2, 0.25) is 0 Å². The molecule has 0 aromatic heterocycles. The minimum atomic E-state index is -3.75. The maximum atomic E-state index is 11.1. The number of hydrogen-bond donors (Lipinski definition) is 1. The van der Waals surface area contributed by atoms with Crippen LogP contribution in [0, 0.1) is 0 Å². The highest BCUT2D eigenvalue weighted by atomic mass is 31.2. The van der Waals surface area contributed by atoms with Crippen molar-refractivity contribution in [1.29, 1.82) is 0 Å². The maximum absolute atomic E-state index is 11.1. The van der Waals surface area contributed by atoms with Crippen molar-refractivity contribution in [3.8, 4) is 0 Å². The van der Waals surface area contributed by atoms with Crippen molar-refractivity contribution in [3.63, 3.8) is 0 Å². The van der Waals surface area contributed by atoms with Crippen LogP contribution in [0.25, 0.3) is 0 Å². The topological polar surface area (TPSA) is 59.0 Å². The van der Waals surface area contributed by atoms with Gasteiger partial charge in [-0.3, -0.25) is 9.05 Å². The average Bonchev–Trinajstić information content (AvgIpc) is 2.48. The normalized spacial score (nSPS) is 11.2. The van der Waals surface area contributed by atoms with Crippen LogP contribution in [0.5, 0.6) is 0 Å². The van der Waals surface area contributed by atoms with E-state index >= 15 is 0 Å². The lowest BCUT2D eigenvalue weighted by Gasteiger charge is -2.10. The first-order valence-electron chi connectivity index (χ1n) is 8.21. The smallest absolute Gasteiger partial charge is 0.305 e. The lowest BCUT2D eigenvalue weighted by molar-refractivity contribution is 0.146. The summed E-state index contributed by atoms with van der Waals surface area (Å²) in [7, 11) is 0.401. The second-order valence-electron chi connectivity index (χ2n) is 5.57. The Labute approximate surface area is 141 Å². The van der Waals surface area contributed by atoms with E-state index in [9.17, 15) is 4.57 Å². The number of unbranched alkanes of at least 4 members (excludes halogenated alkanes) is 2. The fourth-order valence-electron chi connectivity index (χ4n) is 1.63. The van der Waals surface area contributed by atoms with Crippen LogP contribution < -0.4 is 0 Å². The number of nitrogens with zero attached hydrogens (tertiary/aromatic N) is 1. The average molecular weight is 345 g/mol. The van der Waals surface area contributed by atoms with Gasteiger partial charge >= 0.3 is 7.82 Å². The summed E-state index contributed by atoms with van der Waals surface area (Å²) in [6.07, 6.45) is 3.44. The van der Waals surface area contributed by atoms with Gasteiger partial charge in [0.1, 0.15) is 0 Å². The second kappa shape index (κ2) is 13.7. The zero-order valence-corrected chi connectivity index (χ0v) is 15.8. The summed E-state index contributed by atoms with van der Waals surface area (Å²) in [5.41, 5.74) is 1.37. The number of rotatable bonds is 10. The van der Waals surface area contributed by atoms with E-state index in [0.717, 1.165) is 32.2 Å². The van der Waals surface area contributed by atoms with Gasteiger partial charge in [0.15, 0.2) is 0 Å². The highest BCUT2D eigenvalue weighted by Crippen LogP contribution is 2.43. The van der Waals surface area contributed by atoms with E-state index in [1.54, 1.807) is 0 Å². The Morgan fingerprint density at radius 3 is 1.87 bits per heavy atom. The summed E-state index contributed by atoms with van der Waals surface area (Å²) in [4.78, 5) is 11.2. The molecule has 1 rings (SSSR count). The summed E-state index contributed by atoms with van der Waals surface area (Å²) in [5, 5.41) is 0. The summed E-state index contributed by atoms with van der Waals surface area (Å²) in [6, 6.07) is 10.5. The zero-order valence-electron chi connectivity index (χ0n) is 14.9. The third kappa shape index (κ3) is 14.6. The largest absolute Gasteiger partial charge is 0.472 e. The Bertz CT molecular complexity index is 412. The molecule has 1 aromatic carbocycles. The summed E-state index contributed by atoms with van der Waals surface area (Å²) < 4.78 is 20.5. The molecule has 0 unspecified atom stereocenters. The molecule has 0 atom stereocenters. The SMILES string of the molecule is CCCCOP(=O)(O)OCCCC.CN(C)Cc1ccccc1. The number of phosphoric acid groups is 1. The van der Waals surface area contributed by atoms with Crippen molar-refractivity contribution in [1.82, 2.24) is 4.90 Å². The van der Waals surface area contributed by atoms with Crippen molar-refractivity contribution in [2.45, 2.75) is 46.1 Å². The molecule has 0 aliphatic rings. The molecule has 0 fully saturated rings. The fraction of sp³-hybridized carbons (Fsp3) is 0.647. The van der Waals surface area contributed by atoms with Crippen LogP contribution in [0.1, 0.15) is 45.1 Å². The monoisotopic (exact) mass is 345 g/mol. The molecule has 1 aromatic rings. The first-order valence-corrected chi connectivity index (χ1v) is 9.71. The van der Waals surface area contributed by atoms with Crippen molar-refractivity contribution in [2.24, 2.45) is 0 Å². The van der Waals surface area contributed by atoms with E-state index in [0.29, 0.717) is 0 Å². The van der Waals surface area contributed by atoms with Gasteiger partial charge in [-0.2, -0.15) is 0 Å². The van der Waals surface area contributed by atoms with E-state index in [1.165, 1.54) is 5.56 Å². The van der Waals surface area contributed by atoms with Crippen LogP contribution in [-0.2, 0) is 20.2 Å². The molecular weight excluding hydrogens is 313 g/mol. The van der Waals surface area contributed by atoms with Gasteiger partial charge < -0.3 is 9.79 Å². The van der Waals surface area contributed by atoms with Crippen LogP contribution in [-0.4, -0.2) is 37.1 Å². The van der Waals surface area contributed by atoms with Crippen molar-refractivity contribution in [2.75, 3.05) is 27.3 Å². The van der Waals surface area contributed by atoms with E-state index < -0.39 is 7.82 Å². The van der Waals surface area contributed by atoms with Crippen LogP contribution in [0.2, 0.25) is 0 Å². The van der Waals surface area contributed by atoms with Gasteiger partial charge in [-0.1, -0.05) is 57.0 Å². The quantitative estimate of drug-likeness (QED) is 0.501. The summed E-state index contributed by atoms with van der Waals surface area (Å²) in [6.45, 7) is 5.58. The third-order valence-corrected chi connectivity index (χ3v) is 3.86. The molecule has 0 saturated carbocycles. The van der Waals surface area contributed by atoms with E-state index in [-0.39, 0.29) is 13.2 Å². The summed E-state index contributed by atoms with van der Waals surface area (Å²) >= 11 is 0. The lowest BCUT2D eigenvalue weighted by atomic mass is 10.2. The maximum Gasteiger partial charge on any atom is 0.472 e. The minimum Gasteiger partial charge on any atom is -0.305 e. The molecule has 0 amide bonds. The number of phosphoric ester groups is 1. The molecule has 0 saturated heterocycles. The van der Waals surface area contributed by atoms with Gasteiger partial charge in [-0.15, -0.1) is 0 Å². The molecule has 1 N–H and O–H groups in total. The molecule has 23 heavy (non-hydrogen) atoms. The van der Waals surface area contributed by atoms with Gasteiger partial charge in [0.25, 0.3) is 0 Å². The minimum absolute atomic E-state index is 0.288. The predicted molar refractivity (Wildman–Crippen MR) is 95.4 cm³/mol. The molecule has 0 aliphatic carbocycles. The van der Waals surface area contributed by atoms with Crippen molar-refractivity contribution < 1.29 is 18.5 Å². The van der Waals surface area contributed by atoms with Crippen LogP contribution in [0.4, 0.5) is 0 Å². The van der Waals surface area contributed by atoms with E-state index in [2.05, 4.69) is 43.3 Å². The van der Waals surface area contributed by atoms with Crippen LogP contribution >= 0.6 is 7.82 Å². The highest BCUT2D eigenvalue weighted by Gasteiger charge is 2.19. The first kappa shape index (κ1) is 22.3. The number of benzene rings is 1. The third-order valence-electron chi connectivity index (χ3n) is 2.85. The Hall–Kier alpha value is -0.710. The van der Waals surface area contributed by atoms with Gasteiger partial charge in [0, 0.05) is 6.54 Å².